The van der Waals surface area contributed by atoms with Gasteiger partial charge in [0.15, 0.2) is 0 Å². The van der Waals surface area contributed by atoms with E-state index in [1.54, 1.807) is 0 Å². The molecule has 7 unspecified atom stereocenters. The Bertz CT molecular complexity index is 650. The maximum Gasteiger partial charge on any atom is 0.311 e. The monoisotopic (exact) mass is 397 g/mol. The topological polar surface area (TPSA) is 173 Å². The van der Waals surface area contributed by atoms with Gasteiger partial charge in [-0.1, -0.05) is 6.42 Å². The second-order valence-corrected chi connectivity index (χ2v) is 7.19. The number of carboxylic acids is 1. The summed E-state index contributed by atoms with van der Waals surface area (Å²) in [7, 11) is 0. The highest BCUT2D eigenvalue weighted by Crippen LogP contribution is 2.45. The van der Waals surface area contributed by atoms with Crippen LogP contribution in [0.15, 0.2) is 0 Å². The number of nitrogens with one attached hydrogen (secondary N) is 1. The zero-order chi connectivity index (χ0) is 21.0. The quantitative estimate of drug-likeness (QED) is 0.139. The number of carbonyl (C=O) groups is 3. The first kappa shape index (κ1) is 22.1. The van der Waals surface area contributed by atoms with Crippen LogP contribution >= 0.6 is 0 Å². The molecule has 7 atom stereocenters. The number of likely N-dealkylation sites (tertiary alicyclic amines) is 1. The fourth-order valence-electron chi connectivity index (χ4n) is 3.80. The van der Waals surface area contributed by atoms with Crippen molar-refractivity contribution >= 4 is 17.8 Å². The van der Waals surface area contributed by atoms with Crippen LogP contribution in [-0.4, -0.2) is 86.1 Å². The van der Waals surface area contributed by atoms with Crippen molar-refractivity contribution in [2.75, 3.05) is 6.54 Å². The van der Waals surface area contributed by atoms with Gasteiger partial charge in [-0.2, -0.15) is 0 Å². The molecule has 28 heavy (non-hydrogen) atoms. The number of aliphatic hydroxyl groups is 3. The second kappa shape index (κ2) is 9.34. The standard InChI is InChI=1S/C18H27N3O7/c1-2-6-9(20-10(22)7-4-3-5-8-19)17(26)21-12-11(18(27)28)14(23)16(25)15(24)13(12)21/h1,9,11-16,23-25H,3-8,19H2,(H,20,22)(H,27,28). The molecule has 156 valence electrons. The van der Waals surface area contributed by atoms with E-state index in [2.05, 4.69) is 11.2 Å². The number of aliphatic hydroxyl groups excluding tert-OH is 3. The molecule has 2 amide bonds. The Morgan fingerprint density at radius 2 is 1.75 bits per heavy atom. The Labute approximate surface area is 162 Å². The predicted molar refractivity (Wildman–Crippen MR) is 96.5 cm³/mol. The molecule has 1 saturated carbocycles. The Balaban J connectivity index is 2.06. The maximum atomic E-state index is 12.8. The first-order chi connectivity index (χ1) is 13.3. The fraction of sp³-hybridized carbons (Fsp3) is 0.722. The van der Waals surface area contributed by atoms with E-state index >= 15 is 0 Å². The van der Waals surface area contributed by atoms with E-state index in [4.69, 9.17) is 12.2 Å². The number of unbranched alkanes of at least 4 members (excludes halogenated alkanes) is 2. The lowest BCUT2D eigenvalue weighted by molar-refractivity contribution is -0.156. The fourth-order valence-corrected chi connectivity index (χ4v) is 3.80. The first-order valence-electron chi connectivity index (χ1n) is 9.28. The number of nitrogens with two attached hydrogens (primary N) is 1. The molecule has 2 rings (SSSR count). The van der Waals surface area contributed by atoms with Crippen LogP contribution in [0.3, 0.4) is 0 Å². The number of aliphatic carboxylic acids is 1. The summed E-state index contributed by atoms with van der Waals surface area (Å²) in [6.07, 6.45) is 2.65. The average Bonchev–Trinajstić information content (AvgIpc) is 3.37. The Hall–Kier alpha value is -2.19. The van der Waals surface area contributed by atoms with Gasteiger partial charge in [-0.05, 0) is 19.4 Å². The van der Waals surface area contributed by atoms with Crippen molar-refractivity contribution in [3.63, 3.8) is 0 Å². The third kappa shape index (κ3) is 4.44. The molecule has 1 heterocycles. The summed E-state index contributed by atoms with van der Waals surface area (Å²) in [5.41, 5.74) is 5.40. The molecule has 2 fully saturated rings. The normalized spacial score (nSPS) is 32.0. The highest BCUT2D eigenvalue weighted by atomic mass is 16.4. The van der Waals surface area contributed by atoms with Gasteiger partial charge < -0.3 is 36.4 Å². The summed E-state index contributed by atoms with van der Waals surface area (Å²) in [6, 6.07) is -3.00. The summed E-state index contributed by atoms with van der Waals surface area (Å²) in [5.74, 6) is -1.54. The van der Waals surface area contributed by atoms with E-state index in [0.717, 1.165) is 17.7 Å². The average molecular weight is 397 g/mol. The molecule has 0 spiro atoms. The predicted octanol–water partition coefficient (Wildman–Crippen LogP) is -2.61. The van der Waals surface area contributed by atoms with Crippen LogP contribution in [-0.2, 0) is 14.4 Å². The maximum absolute atomic E-state index is 12.8. The second-order valence-electron chi connectivity index (χ2n) is 7.19. The van der Waals surface area contributed by atoms with E-state index in [1.807, 2.05) is 0 Å². The molecule has 0 bridgehead atoms. The number of carboxylic acid groups (broad SMARTS) is 1. The highest BCUT2D eigenvalue weighted by Gasteiger charge is 2.68. The lowest BCUT2D eigenvalue weighted by Crippen LogP contribution is -2.53. The smallest absolute Gasteiger partial charge is 0.311 e. The van der Waals surface area contributed by atoms with Crippen LogP contribution < -0.4 is 11.1 Å². The van der Waals surface area contributed by atoms with Crippen LogP contribution in [0.1, 0.15) is 32.1 Å². The minimum atomic E-state index is -1.71. The molecule has 10 nitrogen and oxygen atoms in total. The number of terminal acetylenes is 1. The number of carbonyl (C=O) groups excluding carboxylic acids is 2. The van der Waals surface area contributed by atoms with Crippen LogP contribution in [0, 0.1) is 18.3 Å². The molecular weight excluding hydrogens is 370 g/mol. The Morgan fingerprint density at radius 3 is 2.32 bits per heavy atom. The third-order valence-electron chi connectivity index (χ3n) is 5.29. The lowest BCUT2D eigenvalue weighted by atomic mass is 9.83. The van der Waals surface area contributed by atoms with Crippen molar-refractivity contribution in [2.24, 2.45) is 11.7 Å². The summed E-state index contributed by atoms with van der Waals surface area (Å²) >= 11 is 0. The number of hydrogen-bond donors (Lipinski definition) is 6. The van der Waals surface area contributed by atoms with Gasteiger partial charge in [-0.3, -0.25) is 14.4 Å². The van der Waals surface area contributed by atoms with Crippen molar-refractivity contribution in [3.05, 3.63) is 0 Å². The van der Waals surface area contributed by atoms with E-state index in [0.29, 0.717) is 13.0 Å². The zero-order valence-corrected chi connectivity index (χ0v) is 15.4. The van der Waals surface area contributed by atoms with Crippen LogP contribution in [0.25, 0.3) is 0 Å². The molecular formula is C18H27N3O7. The molecule has 1 aliphatic carbocycles. The molecule has 10 heteroatoms. The van der Waals surface area contributed by atoms with Crippen molar-refractivity contribution in [1.29, 1.82) is 0 Å². The van der Waals surface area contributed by atoms with Gasteiger partial charge in [-0.25, -0.2) is 0 Å². The molecule has 7 N–H and O–H groups in total. The molecule has 0 radical (unpaired) electrons. The summed E-state index contributed by atoms with van der Waals surface area (Å²) in [5, 5.41) is 41.8. The number of hydrogen-bond acceptors (Lipinski definition) is 7. The minimum Gasteiger partial charge on any atom is -0.481 e. The van der Waals surface area contributed by atoms with Gasteiger partial charge in [0.2, 0.25) is 11.8 Å². The summed E-state index contributed by atoms with van der Waals surface area (Å²) in [6.45, 7) is 0.530. The SMILES string of the molecule is C#CCC(NC(=O)CCCCCN)C(=O)N1C2C(O)C(O)C(O)C(C(=O)O)C21. The van der Waals surface area contributed by atoms with Crippen molar-refractivity contribution in [2.45, 2.75) is 68.5 Å². The molecule has 1 aliphatic heterocycles. The van der Waals surface area contributed by atoms with Gasteiger partial charge >= 0.3 is 5.97 Å². The molecule has 0 aromatic rings. The van der Waals surface area contributed by atoms with Gasteiger partial charge in [0.1, 0.15) is 24.2 Å². The van der Waals surface area contributed by atoms with Gasteiger partial charge in [0.25, 0.3) is 0 Å². The van der Waals surface area contributed by atoms with E-state index < -0.39 is 54.2 Å². The van der Waals surface area contributed by atoms with Crippen LogP contribution in [0.2, 0.25) is 0 Å². The minimum absolute atomic E-state index is 0.109. The Morgan fingerprint density at radius 1 is 1.07 bits per heavy atom. The lowest BCUT2D eigenvalue weighted by Gasteiger charge is -2.30. The van der Waals surface area contributed by atoms with Crippen molar-refractivity contribution in [1.82, 2.24) is 10.2 Å². The van der Waals surface area contributed by atoms with Gasteiger partial charge in [0.05, 0.1) is 18.2 Å². The summed E-state index contributed by atoms with van der Waals surface area (Å²) in [4.78, 5) is 37.5. The van der Waals surface area contributed by atoms with Gasteiger partial charge in [0, 0.05) is 12.8 Å². The molecule has 0 aromatic heterocycles. The number of nitrogens with zero attached hydrogens (tertiary/aromatic N) is 1. The summed E-state index contributed by atoms with van der Waals surface area (Å²) < 4.78 is 0. The zero-order valence-electron chi connectivity index (χ0n) is 15.4. The number of rotatable bonds is 9. The van der Waals surface area contributed by atoms with E-state index in [1.165, 1.54) is 0 Å². The van der Waals surface area contributed by atoms with E-state index in [9.17, 15) is 34.8 Å². The van der Waals surface area contributed by atoms with Gasteiger partial charge in [-0.15, -0.1) is 12.3 Å². The third-order valence-corrected chi connectivity index (χ3v) is 5.29. The number of fused-ring (bicyclic) bond motifs is 1. The Kier molecular flexibility index (Phi) is 7.37. The van der Waals surface area contributed by atoms with E-state index in [-0.39, 0.29) is 18.7 Å². The molecule has 1 saturated heterocycles. The largest absolute Gasteiger partial charge is 0.481 e. The molecule has 2 aliphatic rings. The first-order valence-corrected chi connectivity index (χ1v) is 9.28. The molecule has 0 aromatic carbocycles. The van der Waals surface area contributed by atoms with Crippen molar-refractivity contribution < 1.29 is 34.8 Å². The van der Waals surface area contributed by atoms with Crippen molar-refractivity contribution in [3.8, 4) is 12.3 Å². The highest BCUT2D eigenvalue weighted by molar-refractivity contribution is 5.91. The number of amides is 2. The van der Waals surface area contributed by atoms with Crippen LogP contribution in [0.4, 0.5) is 0 Å². The van der Waals surface area contributed by atoms with Crippen LogP contribution in [0.5, 0.6) is 0 Å².